The molecule has 11 heteroatoms. The van der Waals surface area contributed by atoms with Crippen LogP contribution >= 0.6 is 0 Å². The van der Waals surface area contributed by atoms with Crippen LogP contribution in [0.1, 0.15) is 56.7 Å². The van der Waals surface area contributed by atoms with Crippen LogP contribution in [0.25, 0.3) is 0 Å². The van der Waals surface area contributed by atoms with Crippen molar-refractivity contribution in [2.75, 3.05) is 30.8 Å². The molecule has 2 saturated heterocycles. The maximum atomic E-state index is 14.6. The monoisotopic (exact) mass is 480 g/mol. The van der Waals surface area contributed by atoms with E-state index in [9.17, 15) is 22.7 Å². The largest absolute Gasteiger partial charge is 0.465 e. The second-order valence-corrected chi connectivity index (χ2v) is 11.3. The third kappa shape index (κ3) is 4.83. The van der Waals surface area contributed by atoms with E-state index in [0.29, 0.717) is 56.3 Å². The summed E-state index contributed by atoms with van der Waals surface area (Å²) < 4.78 is 43.5. The van der Waals surface area contributed by atoms with Crippen LogP contribution in [0.5, 0.6) is 0 Å². The average Bonchev–Trinajstić information content (AvgIpc) is 3.42. The number of halogens is 1. The van der Waals surface area contributed by atoms with Crippen molar-refractivity contribution in [2.45, 2.75) is 55.9 Å². The molecule has 0 radical (unpaired) electrons. The Hall–Kier alpha value is -2.69. The highest BCUT2D eigenvalue weighted by Gasteiger charge is 2.37. The van der Waals surface area contributed by atoms with Crippen molar-refractivity contribution in [3.05, 3.63) is 35.7 Å². The van der Waals surface area contributed by atoms with Crippen LogP contribution in [0.15, 0.2) is 27.6 Å². The highest BCUT2D eigenvalue weighted by atomic mass is 32.2. The predicted octanol–water partition coefficient (Wildman–Crippen LogP) is 3.49. The van der Waals surface area contributed by atoms with Crippen LogP contribution in [-0.2, 0) is 9.84 Å². The highest BCUT2D eigenvalue weighted by Crippen LogP contribution is 2.36. The lowest BCUT2D eigenvalue weighted by Crippen LogP contribution is -2.47. The summed E-state index contributed by atoms with van der Waals surface area (Å²) in [6, 6.07) is 3.87. The smallest absolute Gasteiger partial charge is 0.407 e. The lowest BCUT2D eigenvalue weighted by Gasteiger charge is -2.39. The average molecular weight is 481 g/mol. The van der Waals surface area contributed by atoms with Gasteiger partial charge < -0.3 is 19.4 Å². The third-order valence-electron chi connectivity index (χ3n) is 6.71. The van der Waals surface area contributed by atoms with Gasteiger partial charge in [0.25, 0.3) is 0 Å². The van der Waals surface area contributed by atoms with Gasteiger partial charge in [0.15, 0.2) is 15.7 Å². The number of likely N-dealkylation sites (tertiary alicyclic amines) is 1. The van der Waals surface area contributed by atoms with Crippen molar-refractivity contribution >= 4 is 21.6 Å². The fraction of sp³-hybridized carbons (Fsp3) is 0.591. The number of aromatic nitrogens is 2. The van der Waals surface area contributed by atoms with E-state index in [1.807, 2.05) is 18.7 Å². The molecule has 0 spiro atoms. The molecule has 1 amide bonds. The number of sulfone groups is 1. The molecule has 0 aliphatic carbocycles. The Bertz CT molecular complexity index is 1140. The lowest BCUT2D eigenvalue weighted by atomic mass is 9.85. The topological polar surface area (TPSA) is 117 Å². The number of carbonyl (C=O) groups is 1. The third-order valence-corrected chi connectivity index (χ3v) is 7.82. The van der Waals surface area contributed by atoms with Crippen molar-refractivity contribution in [3.63, 3.8) is 0 Å². The van der Waals surface area contributed by atoms with Gasteiger partial charge in [0.05, 0.1) is 16.5 Å². The SMILES string of the molecule is CC(C)C1CC(c2noc(C3CCN(c4ccc(S(C)(=O)=O)cc4F)C3)n2)CCN1C(=O)O. The summed E-state index contributed by atoms with van der Waals surface area (Å²) in [5, 5.41) is 13.7. The van der Waals surface area contributed by atoms with E-state index < -0.39 is 21.7 Å². The molecule has 0 saturated carbocycles. The normalized spacial score (nSPS) is 24.0. The number of nitrogens with zero attached hydrogens (tertiary/aromatic N) is 4. The number of hydrogen-bond acceptors (Lipinski definition) is 7. The second kappa shape index (κ2) is 8.92. The molecule has 3 heterocycles. The first-order chi connectivity index (χ1) is 15.5. The summed E-state index contributed by atoms with van der Waals surface area (Å²) in [7, 11) is -3.47. The predicted molar refractivity (Wildman–Crippen MR) is 119 cm³/mol. The number of piperidine rings is 1. The summed E-state index contributed by atoms with van der Waals surface area (Å²) in [6.07, 6.45) is 2.15. The quantitative estimate of drug-likeness (QED) is 0.691. The first-order valence-corrected chi connectivity index (χ1v) is 13.0. The van der Waals surface area contributed by atoms with Gasteiger partial charge in [0.1, 0.15) is 5.82 Å². The van der Waals surface area contributed by atoms with Crippen LogP contribution in [-0.4, -0.2) is 66.6 Å². The zero-order chi connectivity index (χ0) is 23.9. The number of rotatable bonds is 5. The number of anilines is 1. The molecule has 2 fully saturated rings. The number of hydrogen-bond donors (Lipinski definition) is 1. The Balaban J connectivity index is 1.44. The molecule has 2 aliphatic heterocycles. The van der Waals surface area contributed by atoms with Crippen molar-refractivity contribution < 1.29 is 27.2 Å². The first-order valence-electron chi connectivity index (χ1n) is 11.1. The molecule has 2 aromatic rings. The van der Waals surface area contributed by atoms with Crippen LogP contribution < -0.4 is 4.90 Å². The Morgan fingerprint density at radius 3 is 2.61 bits per heavy atom. The molecule has 4 rings (SSSR count). The minimum absolute atomic E-state index is 0.0315. The molecule has 0 bridgehead atoms. The summed E-state index contributed by atoms with van der Waals surface area (Å²) >= 11 is 0. The van der Waals surface area contributed by atoms with E-state index in [1.165, 1.54) is 17.0 Å². The molecule has 2 aliphatic rings. The Morgan fingerprint density at radius 1 is 1.24 bits per heavy atom. The summed E-state index contributed by atoms with van der Waals surface area (Å²) in [5.74, 6) is 0.687. The fourth-order valence-corrected chi connectivity index (χ4v) is 5.47. The van der Waals surface area contributed by atoms with Crippen molar-refractivity contribution in [3.8, 4) is 0 Å². The van der Waals surface area contributed by atoms with Crippen LogP contribution in [0, 0.1) is 11.7 Å². The van der Waals surface area contributed by atoms with E-state index in [1.54, 1.807) is 0 Å². The summed E-state index contributed by atoms with van der Waals surface area (Å²) in [6.45, 7) is 5.54. The van der Waals surface area contributed by atoms with Crippen molar-refractivity contribution in [1.82, 2.24) is 15.0 Å². The summed E-state index contributed by atoms with van der Waals surface area (Å²) in [4.78, 5) is 19.5. The van der Waals surface area contributed by atoms with Crippen molar-refractivity contribution in [2.24, 2.45) is 5.92 Å². The van der Waals surface area contributed by atoms with E-state index in [4.69, 9.17) is 4.52 Å². The molecular weight excluding hydrogens is 451 g/mol. The zero-order valence-corrected chi connectivity index (χ0v) is 19.8. The molecule has 180 valence electrons. The molecule has 1 aromatic carbocycles. The van der Waals surface area contributed by atoms with Gasteiger partial charge >= 0.3 is 6.09 Å². The minimum Gasteiger partial charge on any atom is -0.465 e. The van der Waals surface area contributed by atoms with Gasteiger partial charge in [0.2, 0.25) is 5.89 Å². The molecule has 1 aromatic heterocycles. The molecule has 33 heavy (non-hydrogen) atoms. The van der Waals surface area contributed by atoms with Gasteiger partial charge in [-0.15, -0.1) is 0 Å². The van der Waals surface area contributed by atoms with Gasteiger partial charge in [-0.1, -0.05) is 19.0 Å². The van der Waals surface area contributed by atoms with Crippen LogP contribution in [0.2, 0.25) is 0 Å². The van der Waals surface area contributed by atoms with Crippen LogP contribution in [0.3, 0.4) is 0 Å². The lowest BCUT2D eigenvalue weighted by molar-refractivity contribution is 0.0814. The Labute approximate surface area is 192 Å². The number of carboxylic acid groups (broad SMARTS) is 1. The molecule has 3 unspecified atom stereocenters. The maximum Gasteiger partial charge on any atom is 0.407 e. The van der Waals surface area contributed by atoms with Crippen molar-refractivity contribution in [1.29, 1.82) is 0 Å². The fourth-order valence-electron chi connectivity index (χ4n) is 4.84. The Morgan fingerprint density at radius 2 is 1.97 bits per heavy atom. The van der Waals surface area contributed by atoms with Gasteiger partial charge in [0, 0.05) is 37.8 Å². The van der Waals surface area contributed by atoms with Gasteiger partial charge in [-0.25, -0.2) is 17.6 Å². The van der Waals surface area contributed by atoms with Gasteiger partial charge in [-0.2, -0.15) is 4.98 Å². The van der Waals surface area contributed by atoms with E-state index in [2.05, 4.69) is 10.1 Å². The highest BCUT2D eigenvalue weighted by molar-refractivity contribution is 7.90. The molecule has 3 atom stereocenters. The standard InChI is InChI=1S/C22H29FN4O5S/c1-13(2)19-10-14(7-9-27(19)22(28)29)20-24-21(32-25-20)15-6-8-26(12-15)18-5-4-16(11-17(18)23)33(3,30)31/h4-5,11,13-15,19H,6-10,12H2,1-3H3,(H,28,29). The van der Waals surface area contributed by atoms with Gasteiger partial charge in [-0.3, -0.25) is 0 Å². The number of benzene rings is 1. The maximum absolute atomic E-state index is 14.6. The van der Waals surface area contributed by atoms with E-state index >= 15 is 0 Å². The Kier molecular flexibility index (Phi) is 6.35. The summed E-state index contributed by atoms with van der Waals surface area (Å²) in [5.41, 5.74) is 0.352. The second-order valence-electron chi connectivity index (χ2n) is 9.32. The molecule has 9 nitrogen and oxygen atoms in total. The zero-order valence-electron chi connectivity index (χ0n) is 18.9. The van der Waals surface area contributed by atoms with E-state index in [0.717, 1.165) is 12.3 Å². The van der Waals surface area contributed by atoms with Gasteiger partial charge in [-0.05, 0) is 43.4 Å². The first kappa shape index (κ1) is 23.5. The minimum atomic E-state index is -3.47. The van der Waals surface area contributed by atoms with E-state index in [-0.39, 0.29) is 28.7 Å². The molecular formula is C22H29FN4O5S. The number of amides is 1. The van der Waals surface area contributed by atoms with Crippen LogP contribution in [0.4, 0.5) is 14.9 Å². The molecule has 1 N–H and O–H groups in total.